The highest BCUT2D eigenvalue weighted by Crippen LogP contribution is 2.20. The largest absolute Gasteiger partial charge is 0.484 e. The normalized spacial score (nSPS) is 15.0. The maximum atomic E-state index is 11.8. The van der Waals surface area contributed by atoms with E-state index in [0.717, 1.165) is 25.1 Å². The van der Waals surface area contributed by atoms with Gasteiger partial charge in [-0.2, -0.15) is 0 Å². The number of hydrogen-bond donors (Lipinski definition) is 2. The van der Waals surface area contributed by atoms with Crippen LogP contribution in [0.2, 0.25) is 0 Å². The van der Waals surface area contributed by atoms with Crippen molar-refractivity contribution in [3.05, 3.63) is 29.8 Å². The minimum Gasteiger partial charge on any atom is -0.484 e. The Labute approximate surface area is 151 Å². The van der Waals surface area contributed by atoms with Crippen molar-refractivity contribution in [2.45, 2.75) is 38.3 Å². The van der Waals surface area contributed by atoms with E-state index in [4.69, 9.17) is 20.3 Å². The Balaban J connectivity index is 1.85. The molecule has 8 heteroatoms. The van der Waals surface area contributed by atoms with E-state index in [0.29, 0.717) is 12.2 Å². The molecule has 142 valence electrons. The van der Waals surface area contributed by atoms with E-state index in [9.17, 15) is 14.4 Å². The Kier molecular flexibility index (Phi) is 6.20. The SMILES string of the molecule is CC(C)(Cc1ccc(OCC(=O)N2CCC2)cc1)OC(=O)[C@H](N)C(=O)O. The second-order valence-corrected chi connectivity index (χ2v) is 6.84. The lowest BCUT2D eigenvalue weighted by molar-refractivity contribution is -0.163. The zero-order valence-corrected chi connectivity index (χ0v) is 14.9. The molecule has 1 fully saturated rings. The number of carboxylic acids is 1. The van der Waals surface area contributed by atoms with Crippen LogP contribution >= 0.6 is 0 Å². The Morgan fingerprint density at radius 1 is 1.23 bits per heavy atom. The number of likely N-dealkylation sites (tertiary alicyclic amines) is 1. The van der Waals surface area contributed by atoms with Crippen molar-refractivity contribution < 1.29 is 29.0 Å². The number of aliphatic carboxylic acids is 1. The van der Waals surface area contributed by atoms with E-state index in [2.05, 4.69) is 0 Å². The van der Waals surface area contributed by atoms with E-state index in [1.54, 1.807) is 43.0 Å². The first kappa shape index (κ1) is 19.7. The number of benzene rings is 1. The van der Waals surface area contributed by atoms with Crippen LogP contribution in [0.3, 0.4) is 0 Å². The van der Waals surface area contributed by atoms with Gasteiger partial charge in [0.05, 0.1) is 0 Å². The summed E-state index contributed by atoms with van der Waals surface area (Å²) in [6.07, 6.45) is 1.41. The summed E-state index contributed by atoms with van der Waals surface area (Å²) in [6, 6.07) is 5.37. The van der Waals surface area contributed by atoms with Gasteiger partial charge in [0.15, 0.2) is 6.61 Å². The third kappa shape index (κ3) is 5.45. The highest BCUT2D eigenvalue weighted by atomic mass is 16.6. The van der Waals surface area contributed by atoms with E-state index < -0.39 is 23.6 Å². The van der Waals surface area contributed by atoms with Crippen LogP contribution in [0, 0.1) is 0 Å². The Bertz CT molecular complexity index is 667. The van der Waals surface area contributed by atoms with Gasteiger partial charge in [0.25, 0.3) is 5.91 Å². The van der Waals surface area contributed by atoms with Gasteiger partial charge in [-0.25, -0.2) is 9.59 Å². The smallest absolute Gasteiger partial charge is 0.335 e. The fourth-order valence-corrected chi connectivity index (χ4v) is 2.47. The number of nitrogens with two attached hydrogens (primary N) is 1. The van der Waals surface area contributed by atoms with Gasteiger partial charge in [0.1, 0.15) is 11.4 Å². The van der Waals surface area contributed by atoms with Gasteiger partial charge in [-0.3, -0.25) is 4.79 Å². The molecule has 2 rings (SSSR count). The standard InChI is InChI=1S/C18H24N2O6/c1-18(2,26-17(24)15(19)16(22)23)10-12-4-6-13(7-5-12)25-11-14(21)20-8-3-9-20/h4-7,15H,3,8-11,19H2,1-2H3,(H,22,23)/t15-/m1/s1. The number of rotatable bonds is 8. The van der Waals surface area contributed by atoms with Gasteiger partial charge in [0, 0.05) is 19.5 Å². The number of carbonyl (C=O) groups is 3. The molecule has 1 aromatic rings. The van der Waals surface area contributed by atoms with E-state index in [1.807, 2.05) is 0 Å². The van der Waals surface area contributed by atoms with Crippen molar-refractivity contribution in [1.29, 1.82) is 0 Å². The molecule has 1 aliphatic rings. The van der Waals surface area contributed by atoms with Crippen LogP contribution in [0.25, 0.3) is 0 Å². The van der Waals surface area contributed by atoms with Crippen LogP contribution in [0.4, 0.5) is 0 Å². The summed E-state index contributed by atoms with van der Waals surface area (Å²) < 4.78 is 10.7. The first-order chi connectivity index (χ1) is 12.2. The lowest BCUT2D eigenvalue weighted by atomic mass is 9.98. The molecule has 3 N–H and O–H groups in total. The van der Waals surface area contributed by atoms with Gasteiger partial charge in [-0.05, 0) is 38.0 Å². The molecule has 1 saturated heterocycles. The summed E-state index contributed by atoms with van der Waals surface area (Å²) >= 11 is 0. The van der Waals surface area contributed by atoms with E-state index in [-0.39, 0.29) is 12.5 Å². The van der Waals surface area contributed by atoms with Gasteiger partial charge in [-0.15, -0.1) is 0 Å². The Morgan fingerprint density at radius 3 is 2.35 bits per heavy atom. The number of carbonyl (C=O) groups excluding carboxylic acids is 2. The fourth-order valence-electron chi connectivity index (χ4n) is 2.47. The van der Waals surface area contributed by atoms with Gasteiger partial charge >= 0.3 is 11.9 Å². The van der Waals surface area contributed by atoms with Gasteiger partial charge in [-0.1, -0.05) is 12.1 Å². The number of ether oxygens (including phenoxy) is 2. The molecule has 0 aromatic heterocycles. The lowest BCUT2D eigenvalue weighted by Gasteiger charge is -2.30. The third-order valence-corrected chi connectivity index (χ3v) is 4.02. The average molecular weight is 364 g/mol. The lowest BCUT2D eigenvalue weighted by Crippen LogP contribution is -2.44. The second-order valence-electron chi connectivity index (χ2n) is 6.84. The summed E-state index contributed by atoms with van der Waals surface area (Å²) in [5.41, 5.74) is 5.20. The molecule has 0 bridgehead atoms. The first-order valence-corrected chi connectivity index (χ1v) is 8.39. The predicted molar refractivity (Wildman–Crippen MR) is 92.6 cm³/mol. The summed E-state index contributed by atoms with van der Waals surface area (Å²) in [4.78, 5) is 35.9. The van der Waals surface area contributed by atoms with Crippen molar-refractivity contribution in [1.82, 2.24) is 4.90 Å². The fraction of sp³-hybridized carbons (Fsp3) is 0.500. The van der Waals surface area contributed by atoms with Crippen molar-refractivity contribution in [3.63, 3.8) is 0 Å². The molecular weight excluding hydrogens is 340 g/mol. The monoisotopic (exact) mass is 364 g/mol. The first-order valence-electron chi connectivity index (χ1n) is 8.39. The zero-order chi connectivity index (χ0) is 19.3. The maximum absolute atomic E-state index is 11.8. The quantitative estimate of drug-likeness (QED) is 0.511. The minimum atomic E-state index is -1.70. The Hall–Kier alpha value is -2.61. The highest BCUT2D eigenvalue weighted by Gasteiger charge is 2.30. The average Bonchev–Trinajstić information content (AvgIpc) is 2.50. The molecular formula is C18H24N2O6. The molecule has 1 atom stereocenters. The van der Waals surface area contributed by atoms with Crippen molar-refractivity contribution in [3.8, 4) is 5.75 Å². The molecule has 0 unspecified atom stereocenters. The molecule has 8 nitrogen and oxygen atoms in total. The number of amides is 1. The number of carboxylic acid groups (broad SMARTS) is 1. The van der Waals surface area contributed by atoms with E-state index in [1.165, 1.54) is 0 Å². The number of esters is 1. The zero-order valence-electron chi connectivity index (χ0n) is 14.9. The van der Waals surface area contributed by atoms with Crippen LogP contribution < -0.4 is 10.5 Å². The number of hydrogen-bond acceptors (Lipinski definition) is 6. The van der Waals surface area contributed by atoms with Gasteiger partial charge < -0.3 is 25.2 Å². The van der Waals surface area contributed by atoms with Gasteiger partial charge in [0.2, 0.25) is 6.04 Å². The summed E-state index contributed by atoms with van der Waals surface area (Å²) in [5.74, 6) is -1.86. The summed E-state index contributed by atoms with van der Waals surface area (Å²) in [6.45, 7) is 4.95. The van der Waals surface area contributed by atoms with Crippen LogP contribution in [0.15, 0.2) is 24.3 Å². The van der Waals surface area contributed by atoms with Crippen LogP contribution in [-0.4, -0.2) is 59.2 Å². The van der Waals surface area contributed by atoms with Crippen LogP contribution in [0.5, 0.6) is 5.75 Å². The molecule has 0 radical (unpaired) electrons. The molecule has 1 aliphatic heterocycles. The van der Waals surface area contributed by atoms with Crippen molar-refractivity contribution in [2.24, 2.45) is 5.73 Å². The molecule has 1 amide bonds. The molecule has 1 heterocycles. The van der Waals surface area contributed by atoms with Crippen molar-refractivity contribution in [2.75, 3.05) is 19.7 Å². The van der Waals surface area contributed by atoms with E-state index >= 15 is 0 Å². The molecule has 1 aromatic carbocycles. The molecule has 0 spiro atoms. The predicted octanol–water partition coefficient (Wildman–Crippen LogP) is 0.574. The Morgan fingerprint density at radius 2 is 1.85 bits per heavy atom. The molecule has 26 heavy (non-hydrogen) atoms. The van der Waals surface area contributed by atoms with Crippen LogP contribution in [-0.2, 0) is 25.5 Å². The minimum absolute atomic E-state index is 0.00945. The summed E-state index contributed by atoms with van der Waals surface area (Å²) in [7, 11) is 0. The highest BCUT2D eigenvalue weighted by molar-refractivity contribution is 5.98. The second kappa shape index (κ2) is 8.18. The molecule has 0 aliphatic carbocycles. The number of nitrogens with zero attached hydrogens (tertiary/aromatic N) is 1. The maximum Gasteiger partial charge on any atom is 0.335 e. The van der Waals surface area contributed by atoms with Crippen LogP contribution in [0.1, 0.15) is 25.8 Å². The molecule has 0 saturated carbocycles. The summed E-state index contributed by atoms with van der Waals surface area (Å²) in [5, 5.41) is 8.75. The topological polar surface area (TPSA) is 119 Å². The third-order valence-electron chi connectivity index (χ3n) is 4.02. The van der Waals surface area contributed by atoms with Crippen molar-refractivity contribution >= 4 is 17.8 Å².